The second kappa shape index (κ2) is 9.74. The number of rotatable bonds is 5. The quantitative estimate of drug-likeness (QED) is 0.451. The number of anilines is 1. The third-order valence-electron chi connectivity index (χ3n) is 5.35. The van der Waals surface area contributed by atoms with Crippen LogP contribution in [0.3, 0.4) is 0 Å². The predicted octanol–water partition coefficient (Wildman–Crippen LogP) is 4.31. The summed E-state index contributed by atoms with van der Waals surface area (Å²) in [7, 11) is 0. The summed E-state index contributed by atoms with van der Waals surface area (Å²) in [5, 5.41) is 2.79. The van der Waals surface area contributed by atoms with E-state index in [1.807, 2.05) is 0 Å². The Morgan fingerprint density at radius 3 is 2.62 bits per heavy atom. The number of para-hydroxylation sites is 1. The van der Waals surface area contributed by atoms with Crippen LogP contribution in [0.4, 0.5) is 10.1 Å². The highest BCUT2D eigenvalue weighted by molar-refractivity contribution is 6.06. The molecule has 0 fully saturated rings. The van der Waals surface area contributed by atoms with Crippen LogP contribution in [-0.2, 0) is 22.7 Å². The summed E-state index contributed by atoms with van der Waals surface area (Å²) in [6.45, 7) is 3.18. The molecule has 0 spiro atoms. The van der Waals surface area contributed by atoms with Crippen molar-refractivity contribution in [2.75, 3.05) is 5.32 Å². The van der Waals surface area contributed by atoms with Gasteiger partial charge >= 0.3 is 5.97 Å². The average Bonchev–Trinajstić information content (AvgIpc) is 2.91. The summed E-state index contributed by atoms with van der Waals surface area (Å²) in [5.41, 5.74) is 1.74. The summed E-state index contributed by atoms with van der Waals surface area (Å²) in [4.78, 5) is 38.6. The number of halogens is 1. The van der Waals surface area contributed by atoms with Crippen molar-refractivity contribution in [2.24, 2.45) is 0 Å². The standard InChI is InChI=1S/C26H23FN2O5/c1-16-26(32)29(14-18-7-3-5-9-22(18)27)15-19-13-20(11-12-23(19)33-16)28-25(31)21-8-4-6-10-24(21)34-17(2)30/h3-13,16H,14-15H2,1-2H3,(H,28,31). The number of ether oxygens (including phenoxy) is 2. The topological polar surface area (TPSA) is 84.9 Å². The first-order valence-electron chi connectivity index (χ1n) is 10.7. The van der Waals surface area contributed by atoms with Crippen LogP contribution in [0.25, 0.3) is 0 Å². The zero-order valence-electron chi connectivity index (χ0n) is 18.7. The Bertz CT molecular complexity index is 1260. The molecule has 1 unspecified atom stereocenters. The molecular weight excluding hydrogens is 439 g/mol. The summed E-state index contributed by atoms with van der Waals surface area (Å²) in [5.74, 6) is -0.979. The van der Waals surface area contributed by atoms with E-state index in [1.54, 1.807) is 61.5 Å². The van der Waals surface area contributed by atoms with Gasteiger partial charge in [0.05, 0.1) is 5.56 Å². The van der Waals surface area contributed by atoms with Gasteiger partial charge in [-0.1, -0.05) is 30.3 Å². The van der Waals surface area contributed by atoms with Crippen molar-refractivity contribution in [1.82, 2.24) is 4.90 Å². The van der Waals surface area contributed by atoms with Gasteiger partial charge in [0, 0.05) is 36.8 Å². The molecule has 0 saturated heterocycles. The molecule has 3 aromatic carbocycles. The van der Waals surface area contributed by atoms with E-state index >= 15 is 0 Å². The highest BCUT2D eigenvalue weighted by atomic mass is 19.1. The van der Waals surface area contributed by atoms with Crippen molar-refractivity contribution >= 4 is 23.5 Å². The highest BCUT2D eigenvalue weighted by Crippen LogP contribution is 2.30. The number of nitrogens with zero attached hydrogens (tertiary/aromatic N) is 1. The number of amides is 2. The lowest BCUT2D eigenvalue weighted by Crippen LogP contribution is -2.37. The number of hydrogen-bond donors (Lipinski definition) is 1. The van der Waals surface area contributed by atoms with Crippen LogP contribution >= 0.6 is 0 Å². The molecule has 0 saturated carbocycles. The maximum absolute atomic E-state index is 14.2. The average molecular weight is 462 g/mol. The third-order valence-corrected chi connectivity index (χ3v) is 5.35. The molecule has 0 aromatic heterocycles. The smallest absolute Gasteiger partial charge is 0.308 e. The number of nitrogens with one attached hydrogen (secondary N) is 1. The largest absolute Gasteiger partial charge is 0.481 e. The van der Waals surface area contributed by atoms with Gasteiger partial charge in [-0.05, 0) is 43.3 Å². The molecule has 0 bridgehead atoms. The van der Waals surface area contributed by atoms with E-state index < -0.39 is 18.0 Å². The molecular formula is C26H23FN2O5. The molecule has 2 amide bonds. The maximum Gasteiger partial charge on any atom is 0.308 e. The molecule has 1 N–H and O–H groups in total. The van der Waals surface area contributed by atoms with Gasteiger partial charge in [-0.2, -0.15) is 0 Å². The number of hydrogen-bond acceptors (Lipinski definition) is 5. The van der Waals surface area contributed by atoms with E-state index in [2.05, 4.69) is 5.32 Å². The first kappa shape index (κ1) is 23.0. The summed E-state index contributed by atoms with van der Waals surface area (Å²) < 4.78 is 25.1. The van der Waals surface area contributed by atoms with Crippen LogP contribution in [0.1, 0.15) is 35.3 Å². The van der Waals surface area contributed by atoms with Crippen molar-refractivity contribution in [3.05, 3.63) is 89.2 Å². The normalized spacial score (nSPS) is 15.1. The maximum atomic E-state index is 14.2. The first-order chi connectivity index (χ1) is 16.3. The highest BCUT2D eigenvalue weighted by Gasteiger charge is 2.28. The molecule has 34 heavy (non-hydrogen) atoms. The Morgan fingerprint density at radius 2 is 1.85 bits per heavy atom. The lowest BCUT2D eigenvalue weighted by atomic mass is 10.1. The summed E-state index contributed by atoms with van der Waals surface area (Å²) >= 11 is 0. The van der Waals surface area contributed by atoms with Crippen LogP contribution in [0.5, 0.6) is 11.5 Å². The molecule has 0 aliphatic carbocycles. The lowest BCUT2D eigenvalue weighted by molar-refractivity contribution is -0.138. The van der Waals surface area contributed by atoms with E-state index in [0.717, 1.165) is 0 Å². The molecule has 7 nitrogen and oxygen atoms in total. The Balaban J connectivity index is 1.58. The number of carbonyl (C=O) groups excluding carboxylic acids is 3. The molecule has 3 aromatic rings. The minimum atomic E-state index is -0.746. The summed E-state index contributed by atoms with van der Waals surface area (Å²) in [6, 6.07) is 17.8. The van der Waals surface area contributed by atoms with Gasteiger partial charge in [0.2, 0.25) is 0 Å². The third kappa shape index (κ3) is 5.06. The molecule has 0 radical (unpaired) electrons. The van der Waals surface area contributed by atoms with Crippen LogP contribution in [0, 0.1) is 5.82 Å². The zero-order valence-corrected chi connectivity index (χ0v) is 18.7. The van der Waals surface area contributed by atoms with Gasteiger partial charge in [-0.3, -0.25) is 14.4 Å². The van der Waals surface area contributed by atoms with Gasteiger partial charge in [-0.25, -0.2) is 4.39 Å². The van der Waals surface area contributed by atoms with Gasteiger partial charge in [0.25, 0.3) is 11.8 Å². The minimum absolute atomic E-state index is 0.0883. The first-order valence-corrected chi connectivity index (χ1v) is 10.7. The van der Waals surface area contributed by atoms with Crippen LogP contribution in [-0.4, -0.2) is 28.8 Å². The van der Waals surface area contributed by atoms with Crippen LogP contribution < -0.4 is 14.8 Å². The van der Waals surface area contributed by atoms with Gasteiger partial charge in [-0.15, -0.1) is 0 Å². The second-order valence-electron chi connectivity index (χ2n) is 7.91. The van der Waals surface area contributed by atoms with Gasteiger partial charge in [0.1, 0.15) is 17.3 Å². The monoisotopic (exact) mass is 462 g/mol. The molecule has 1 atom stereocenters. The molecule has 8 heteroatoms. The van der Waals surface area contributed by atoms with E-state index in [1.165, 1.54) is 24.0 Å². The van der Waals surface area contributed by atoms with Crippen molar-refractivity contribution in [3.8, 4) is 11.5 Å². The second-order valence-corrected chi connectivity index (χ2v) is 7.91. The lowest BCUT2D eigenvalue weighted by Gasteiger charge is -2.22. The van der Waals surface area contributed by atoms with Gasteiger partial charge < -0.3 is 19.7 Å². The molecule has 4 rings (SSSR count). The minimum Gasteiger partial charge on any atom is -0.481 e. The molecule has 1 aliphatic heterocycles. The number of carbonyl (C=O) groups is 3. The fourth-order valence-electron chi connectivity index (χ4n) is 3.74. The van der Waals surface area contributed by atoms with E-state index in [9.17, 15) is 18.8 Å². The fraction of sp³-hybridized carbons (Fsp3) is 0.192. The Labute approximate surface area is 196 Å². The van der Waals surface area contributed by atoms with Crippen molar-refractivity contribution in [1.29, 1.82) is 0 Å². The van der Waals surface area contributed by atoms with E-state index in [-0.39, 0.29) is 36.1 Å². The number of fused-ring (bicyclic) bond motifs is 1. The zero-order chi connectivity index (χ0) is 24.2. The van der Waals surface area contributed by atoms with Crippen molar-refractivity contribution in [3.63, 3.8) is 0 Å². The SMILES string of the molecule is CC(=O)Oc1ccccc1C(=O)Nc1ccc2c(c1)CN(Cc1ccccc1F)C(=O)C(C)O2. The van der Waals surface area contributed by atoms with E-state index in [4.69, 9.17) is 9.47 Å². The fourth-order valence-corrected chi connectivity index (χ4v) is 3.74. The Morgan fingerprint density at radius 1 is 1.12 bits per heavy atom. The Hall–Kier alpha value is -4.20. The summed E-state index contributed by atoms with van der Waals surface area (Å²) in [6.07, 6.45) is -0.746. The van der Waals surface area contributed by atoms with Crippen LogP contribution in [0.15, 0.2) is 66.7 Å². The molecule has 174 valence electrons. The molecule has 1 heterocycles. The van der Waals surface area contributed by atoms with E-state index in [0.29, 0.717) is 22.6 Å². The van der Waals surface area contributed by atoms with Crippen molar-refractivity contribution < 1.29 is 28.2 Å². The number of benzene rings is 3. The van der Waals surface area contributed by atoms with Crippen molar-refractivity contribution in [2.45, 2.75) is 33.0 Å². The Kier molecular flexibility index (Phi) is 6.58. The molecule has 1 aliphatic rings. The van der Waals surface area contributed by atoms with Crippen LogP contribution in [0.2, 0.25) is 0 Å². The van der Waals surface area contributed by atoms with Gasteiger partial charge in [0.15, 0.2) is 6.10 Å². The number of esters is 1. The predicted molar refractivity (Wildman–Crippen MR) is 123 cm³/mol.